The topological polar surface area (TPSA) is 38.3 Å². The number of hydrogen-bond donors (Lipinski definition) is 1. The molecular formula is C11H23NO2. The van der Waals surface area contributed by atoms with Crippen LogP contribution in [0.3, 0.4) is 0 Å². The van der Waals surface area contributed by atoms with Gasteiger partial charge in [0.15, 0.2) is 0 Å². The first kappa shape index (κ1) is 13.4. The van der Waals surface area contributed by atoms with Gasteiger partial charge in [-0.2, -0.15) is 0 Å². The highest BCUT2D eigenvalue weighted by Crippen LogP contribution is 2.00. The van der Waals surface area contributed by atoms with E-state index in [0.717, 1.165) is 6.54 Å². The molecule has 0 saturated heterocycles. The van der Waals surface area contributed by atoms with Crippen molar-refractivity contribution in [2.75, 3.05) is 19.7 Å². The van der Waals surface area contributed by atoms with E-state index in [9.17, 15) is 4.79 Å². The molecule has 2 atom stereocenters. The van der Waals surface area contributed by atoms with Crippen molar-refractivity contribution >= 4 is 5.97 Å². The van der Waals surface area contributed by atoms with E-state index in [1.54, 1.807) is 0 Å². The van der Waals surface area contributed by atoms with E-state index in [1.165, 1.54) is 6.42 Å². The van der Waals surface area contributed by atoms with Crippen molar-refractivity contribution in [1.29, 1.82) is 0 Å². The fourth-order valence-electron chi connectivity index (χ4n) is 1.06. The van der Waals surface area contributed by atoms with E-state index in [-0.39, 0.29) is 11.9 Å². The molecule has 0 saturated carbocycles. The van der Waals surface area contributed by atoms with Crippen LogP contribution >= 0.6 is 0 Å². The van der Waals surface area contributed by atoms with Gasteiger partial charge in [0.1, 0.15) is 0 Å². The standard InChI is InChI=1S/C11H23NO2/c1-5-9(3)7-12-8-10(4)11(13)14-6-2/h9-10,12H,5-8H2,1-4H3. The summed E-state index contributed by atoms with van der Waals surface area (Å²) >= 11 is 0. The summed E-state index contributed by atoms with van der Waals surface area (Å²) in [7, 11) is 0. The molecule has 0 aromatic rings. The average Bonchev–Trinajstić information content (AvgIpc) is 2.17. The Balaban J connectivity index is 3.52. The van der Waals surface area contributed by atoms with Crippen LogP contribution in [0.2, 0.25) is 0 Å². The van der Waals surface area contributed by atoms with Gasteiger partial charge >= 0.3 is 5.97 Å². The fourth-order valence-corrected chi connectivity index (χ4v) is 1.06. The van der Waals surface area contributed by atoms with Gasteiger partial charge in [-0.3, -0.25) is 4.79 Å². The van der Waals surface area contributed by atoms with E-state index < -0.39 is 0 Å². The minimum atomic E-state index is -0.107. The summed E-state index contributed by atoms with van der Waals surface area (Å²) in [6.07, 6.45) is 1.17. The normalized spacial score (nSPS) is 14.9. The maximum absolute atomic E-state index is 11.2. The van der Waals surface area contributed by atoms with Crippen molar-refractivity contribution in [2.24, 2.45) is 11.8 Å². The second kappa shape index (κ2) is 7.80. The lowest BCUT2D eigenvalue weighted by atomic mass is 10.1. The molecule has 0 aliphatic heterocycles. The molecule has 0 rings (SSSR count). The zero-order chi connectivity index (χ0) is 11.0. The smallest absolute Gasteiger partial charge is 0.309 e. The number of ether oxygens (including phenoxy) is 1. The summed E-state index contributed by atoms with van der Waals surface area (Å²) in [4.78, 5) is 11.2. The van der Waals surface area contributed by atoms with Crippen LogP contribution in [0.15, 0.2) is 0 Å². The third kappa shape index (κ3) is 5.97. The molecule has 0 aromatic carbocycles. The first-order valence-electron chi connectivity index (χ1n) is 5.49. The van der Waals surface area contributed by atoms with Crippen LogP contribution < -0.4 is 5.32 Å². The van der Waals surface area contributed by atoms with Crippen molar-refractivity contribution in [1.82, 2.24) is 5.32 Å². The van der Waals surface area contributed by atoms with E-state index >= 15 is 0 Å². The van der Waals surface area contributed by atoms with E-state index in [0.29, 0.717) is 19.1 Å². The Kier molecular flexibility index (Phi) is 7.48. The highest BCUT2D eigenvalue weighted by atomic mass is 16.5. The van der Waals surface area contributed by atoms with Gasteiger partial charge in [0.25, 0.3) is 0 Å². The van der Waals surface area contributed by atoms with Gasteiger partial charge in [0, 0.05) is 6.54 Å². The third-order valence-corrected chi connectivity index (χ3v) is 2.33. The molecule has 0 aliphatic rings. The highest BCUT2D eigenvalue weighted by Gasteiger charge is 2.13. The van der Waals surface area contributed by atoms with Crippen molar-refractivity contribution in [3.63, 3.8) is 0 Å². The van der Waals surface area contributed by atoms with Crippen LogP contribution in [0.25, 0.3) is 0 Å². The molecule has 0 radical (unpaired) electrons. The summed E-state index contributed by atoms with van der Waals surface area (Å²) in [6.45, 7) is 10.2. The molecular weight excluding hydrogens is 178 g/mol. The fraction of sp³-hybridized carbons (Fsp3) is 0.909. The number of carbonyl (C=O) groups is 1. The molecule has 0 heterocycles. The third-order valence-electron chi connectivity index (χ3n) is 2.33. The molecule has 0 spiro atoms. The predicted octanol–water partition coefficient (Wildman–Crippen LogP) is 1.82. The number of rotatable bonds is 7. The Labute approximate surface area is 87.2 Å². The molecule has 0 fully saturated rings. The first-order valence-corrected chi connectivity index (χ1v) is 5.49. The van der Waals surface area contributed by atoms with Gasteiger partial charge in [-0.1, -0.05) is 27.2 Å². The molecule has 14 heavy (non-hydrogen) atoms. The largest absolute Gasteiger partial charge is 0.466 e. The van der Waals surface area contributed by atoms with Crippen LogP contribution in [-0.2, 0) is 9.53 Å². The lowest BCUT2D eigenvalue weighted by molar-refractivity contribution is -0.147. The average molecular weight is 201 g/mol. The summed E-state index contributed by atoms with van der Waals surface area (Å²) in [6, 6.07) is 0. The zero-order valence-corrected chi connectivity index (χ0v) is 9.80. The van der Waals surface area contributed by atoms with E-state index in [1.807, 2.05) is 13.8 Å². The summed E-state index contributed by atoms with van der Waals surface area (Å²) < 4.78 is 4.91. The number of nitrogens with one attached hydrogen (secondary N) is 1. The lowest BCUT2D eigenvalue weighted by Gasteiger charge is -2.13. The molecule has 2 unspecified atom stereocenters. The first-order chi connectivity index (χ1) is 6.61. The Morgan fingerprint density at radius 3 is 2.43 bits per heavy atom. The van der Waals surface area contributed by atoms with Crippen molar-refractivity contribution in [3.05, 3.63) is 0 Å². The van der Waals surface area contributed by atoms with Crippen molar-refractivity contribution in [3.8, 4) is 0 Å². The lowest BCUT2D eigenvalue weighted by Crippen LogP contribution is -2.30. The molecule has 0 aliphatic carbocycles. The Morgan fingerprint density at radius 1 is 1.29 bits per heavy atom. The van der Waals surface area contributed by atoms with Crippen LogP contribution in [0.1, 0.15) is 34.1 Å². The SMILES string of the molecule is CCOC(=O)C(C)CNCC(C)CC. The van der Waals surface area contributed by atoms with Crippen LogP contribution in [0.5, 0.6) is 0 Å². The number of esters is 1. The number of hydrogen-bond acceptors (Lipinski definition) is 3. The molecule has 84 valence electrons. The van der Waals surface area contributed by atoms with Gasteiger partial charge in [-0.15, -0.1) is 0 Å². The van der Waals surface area contributed by atoms with Crippen LogP contribution in [0, 0.1) is 11.8 Å². The van der Waals surface area contributed by atoms with Gasteiger partial charge < -0.3 is 10.1 Å². The zero-order valence-electron chi connectivity index (χ0n) is 9.80. The van der Waals surface area contributed by atoms with Gasteiger partial charge in [-0.05, 0) is 19.4 Å². The minimum absolute atomic E-state index is 0.0426. The highest BCUT2D eigenvalue weighted by molar-refractivity contribution is 5.72. The summed E-state index contributed by atoms with van der Waals surface area (Å²) in [5.74, 6) is 0.521. The van der Waals surface area contributed by atoms with E-state index in [4.69, 9.17) is 4.74 Å². The maximum atomic E-state index is 11.2. The summed E-state index contributed by atoms with van der Waals surface area (Å²) in [5.41, 5.74) is 0. The monoisotopic (exact) mass is 201 g/mol. The second-order valence-corrected chi connectivity index (χ2v) is 3.82. The maximum Gasteiger partial charge on any atom is 0.309 e. The quantitative estimate of drug-likeness (QED) is 0.639. The van der Waals surface area contributed by atoms with Crippen molar-refractivity contribution in [2.45, 2.75) is 34.1 Å². The molecule has 3 nitrogen and oxygen atoms in total. The molecule has 0 bridgehead atoms. The van der Waals surface area contributed by atoms with Crippen molar-refractivity contribution < 1.29 is 9.53 Å². The van der Waals surface area contributed by atoms with Gasteiger partial charge in [0.2, 0.25) is 0 Å². The predicted molar refractivity (Wildman–Crippen MR) is 58.1 cm³/mol. The minimum Gasteiger partial charge on any atom is -0.466 e. The number of carbonyl (C=O) groups excluding carboxylic acids is 1. The van der Waals surface area contributed by atoms with Gasteiger partial charge in [0.05, 0.1) is 12.5 Å². The summed E-state index contributed by atoms with van der Waals surface area (Å²) in [5, 5.41) is 3.27. The molecule has 0 aromatic heterocycles. The van der Waals surface area contributed by atoms with Crippen LogP contribution in [0.4, 0.5) is 0 Å². The molecule has 1 N–H and O–H groups in total. The Hall–Kier alpha value is -0.570. The van der Waals surface area contributed by atoms with Gasteiger partial charge in [-0.25, -0.2) is 0 Å². The van der Waals surface area contributed by atoms with E-state index in [2.05, 4.69) is 19.2 Å². The Bertz CT molecular complexity index is 159. The molecule has 3 heteroatoms. The second-order valence-electron chi connectivity index (χ2n) is 3.82. The molecule has 0 amide bonds. The Morgan fingerprint density at radius 2 is 1.93 bits per heavy atom. The van der Waals surface area contributed by atoms with Crippen LogP contribution in [-0.4, -0.2) is 25.7 Å².